The number of benzene rings is 2. The Bertz CT molecular complexity index is 1070. The highest BCUT2D eigenvalue weighted by molar-refractivity contribution is 5.89. The second kappa shape index (κ2) is 7.25. The Morgan fingerprint density at radius 3 is 2.56 bits per heavy atom. The largest absolute Gasteiger partial charge is 0.497 e. The van der Waals surface area contributed by atoms with Crippen molar-refractivity contribution in [2.45, 2.75) is 0 Å². The monoisotopic (exact) mass is 362 g/mol. The lowest BCUT2D eigenvalue weighted by Gasteiger charge is -2.13. The first-order valence-electron chi connectivity index (χ1n) is 8.86. The van der Waals surface area contributed by atoms with Crippen LogP contribution in [0.4, 0.5) is 0 Å². The van der Waals surface area contributed by atoms with Crippen LogP contribution in [0.1, 0.15) is 0 Å². The van der Waals surface area contributed by atoms with Crippen LogP contribution in [-0.4, -0.2) is 53.9 Å². The van der Waals surface area contributed by atoms with E-state index in [1.54, 1.807) is 7.11 Å². The second-order valence-corrected chi connectivity index (χ2v) is 6.61. The van der Waals surface area contributed by atoms with E-state index in [9.17, 15) is 0 Å². The summed E-state index contributed by atoms with van der Waals surface area (Å²) in [6, 6.07) is 15.9. The summed E-state index contributed by atoms with van der Waals surface area (Å²) in [5.74, 6) is 1.46. The minimum absolute atomic E-state index is 0.576. The molecule has 2 aromatic carbocycles. The van der Waals surface area contributed by atoms with Crippen LogP contribution in [0.25, 0.3) is 27.7 Å². The van der Waals surface area contributed by atoms with E-state index in [4.69, 9.17) is 14.5 Å². The molecule has 27 heavy (non-hydrogen) atoms. The molecule has 0 fully saturated rings. The zero-order chi connectivity index (χ0) is 18.8. The number of hydrogen-bond acceptors (Lipinski definition) is 5. The molecule has 6 nitrogen and oxygen atoms in total. The van der Waals surface area contributed by atoms with Crippen LogP contribution >= 0.6 is 0 Å². The van der Waals surface area contributed by atoms with Crippen molar-refractivity contribution in [1.29, 1.82) is 0 Å². The lowest BCUT2D eigenvalue weighted by Crippen LogP contribution is -2.19. The quantitative estimate of drug-likeness (QED) is 0.525. The Hall–Kier alpha value is -3.12. The van der Waals surface area contributed by atoms with Crippen LogP contribution in [0.5, 0.6) is 11.6 Å². The van der Waals surface area contributed by atoms with Crippen molar-refractivity contribution in [2.75, 3.05) is 34.4 Å². The average molecular weight is 362 g/mol. The molecule has 0 unspecified atom stereocenters. The molecule has 0 saturated heterocycles. The fourth-order valence-electron chi connectivity index (χ4n) is 3.03. The van der Waals surface area contributed by atoms with Gasteiger partial charge in [-0.05, 0) is 43.9 Å². The highest BCUT2D eigenvalue weighted by atomic mass is 16.5. The Balaban J connectivity index is 1.83. The van der Waals surface area contributed by atoms with Crippen LogP contribution in [-0.2, 0) is 0 Å². The predicted octanol–water partition coefficient (Wildman–Crippen LogP) is 3.50. The van der Waals surface area contributed by atoms with Gasteiger partial charge in [0.25, 0.3) is 0 Å². The molecule has 0 amide bonds. The highest BCUT2D eigenvalue weighted by Crippen LogP contribution is 2.31. The molecule has 4 rings (SSSR count). The Labute approximate surface area is 158 Å². The minimum Gasteiger partial charge on any atom is -0.497 e. The van der Waals surface area contributed by atoms with Gasteiger partial charge in [-0.3, -0.25) is 0 Å². The third kappa shape index (κ3) is 3.31. The standard InChI is InChI=1S/C21H22N4O2/c1-24(2)12-13-27-21-17-6-4-5-7-19(17)25-20(23-21)18(14-22-25)15-8-10-16(26-3)11-9-15/h4-11,14H,12-13H2,1-3H3. The van der Waals surface area contributed by atoms with E-state index < -0.39 is 0 Å². The van der Waals surface area contributed by atoms with Crippen molar-refractivity contribution >= 4 is 16.6 Å². The first-order chi connectivity index (χ1) is 13.2. The van der Waals surface area contributed by atoms with E-state index >= 15 is 0 Å². The van der Waals surface area contributed by atoms with E-state index in [2.05, 4.69) is 10.00 Å². The van der Waals surface area contributed by atoms with Crippen molar-refractivity contribution in [3.05, 3.63) is 54.7 Å². The zero-order valence-electron chi connectivity index (χ0n) is 15.7. The van der Waals surface area contributed by atoms with E-state index in [1.807, 2.05) is 73.3 Å². The summed E-state index contributed by atoms with van der Waals surface area (Å²) in [4.78, 5) is 6.89. The number of aromatic nitrogens is 3. The van der Waals surface area contributed by atoms with Gasteiger partial charge in [0.15, 0.2) is 5.65 Å². The summed E-state index contributed by atoms with van der Waals surface area (Å²) in [7, 11) is 5.71. The number of methoxy groups -OCH3 is 1. The van der Waals surface area contributed by atoms with Crippen LogP contribution in [0, 0.1) is 0 Å². The van der Waals surface area contributed by atoms with Crippen molar-refractivity contribution in [1.82, 2.24) is 19.5 Å². The van der Waals surface area contributed by atoms with Crippen molar-refractivity contribution in [3.8, 4) is 22.8 Å². The maximum atomic E-state index is 6.02. The maximum absolute atomic E-state index is 6.02. The Morgan fingerprint density at radius 2 is 1.81 bits per heavy atom. The number of para-hydroxylation sites is 1. The second-order valence-electron chi connectivity index (χ2n) is 6.61. The highest BCUT2D eigenvalue weighted by Gasteiger charge is 2.15. The predicted molar refractivity (Wildman–Crippen MR) is 107 cm³/mol. The molecule has 0 aliphatic heterocycles. The molecule has 138 valence electrons. The van der Waals surface area contributed by atoms with Gasteiger partial charge in [0.2, 0.25) is 5.88 Å². The number of ether oxygens (including phenoxy) is 2. The van der Waals surface area contributed by atoms with E-state index in [0.717, 1.165) is 40.0 Å². The molecule has 2 heterocycles. The summed E-state index contributed by atoms with van der Waals surface area (Å²) in [6.45, 7) is 1.40. The van der Waals surface area contributed by atoms with Gasteiger partial charge in [-0.2, -0.15) is 10.1 Å². The molecule has 0 N–H and O–H groups in total. The fraction of sp³-hybridized carbons (Fsp3) is 0.238. The number of likely N-dealkylation sites (N-methyl/N-ethyl adjacent to an activating group) is 1. The van der Waals surface area contributed by atoms with E-state index in [-0.39, 0.29) is 0 Å². The number of fused-ring (bicyclic) bond motifs is 3. The summed E-state index contributed by atoms with van der Waals surface area (Å²) in [5, 5.41) is 5.53. The van der Waals surface area contributed by atoms with Gasteiger partial charge >= 0.3 is 0 Å². The van der Waals surface area contributed by atoms with Gasteiger partial charge in [0, 0.05) is 12.1 Å². The van der Waals surface area contributed by atoms with Crippen molar-refractivity contribution < 1.29 is 9.47 Å². The zero-order valence-corrected chi connectivity index (χ0v) is 15.7. The third-order valence-corrected chi connectivity index (χ3v) is 4.49. The minimum atomic E-state index is 0.576. The maximum Gasteiger partial charge on any atom is 0.225 e. The Kier molecular flexibility index (Phi) is 4.64. The van der Waals surface area contributed by atoms with Crippen LogP contribution < -0.4 is 9.47 Å². The summed E-state index contributed by atoms with van der Waals surface area (Å²) in [6.07, 6.45) is 1.85. The number of nitrogens with zero attached hydrogens (tertiary/aromatic N) is 4. The number of rotatable bonds is 6. The molecule has 6 heteroatoms. The van der Waals surface area contributed by atoms with Gasteiger partial charge in [0.05, 0.1) is 24.2 Å². The molecule has 2 aromatic heterocycles. The molecular weight excluding hydrogens is 340 g/mol. The Morgan fingerprint density at radius 1 is 1.04 bits per heavy atom. The van der Waals surface area contributed by atoms with E-state index in [0.29, 0.717) is 12.5 Å². The van der Waals surface area contributed by atoms with Crippen molar-refractivity contribution in [3.63, 3.8) is 0 Å². The van der Waals surface area contributed by atoms with Gasteiger partial charge in [-0.25, -0.2) is 4.52 Å². The van der Waals surface area contributed by atoms with Gasteiger partial charge in [-0.15, -0.1) is 0 Å². The molecule has 0 bridgehead atoms. The third-order valence-electron chi connectivity index (χ3n) is 4.49. The van der Waals surface area contributed by atoms with Gasteiger partial charge in [0.1, 0.15) is 12.4 Å². The molecule has 4 aromatic rings. The molecular formula is C21H22N4O2. The van der Waals surface area contributed by atoms with Crippen LogP contribution in [0.15, 0.2) is 54.7 Å². The average Bonchev–Trinajstić information content (AvgIpc) is 3.12. The topological polar surface area (TPSA) is 51.9 Å². The fourth-order valence-corrected chi connectivity index (χ4v) is 3.03. The molecule has 0 spiro atoms. The van der Waals surface area contributed by atoms with Gasteiger partial charge < -0.3 is 14.4 Å². The molecule has 0 saturated carbocycles. The van der Waals surface area contributed by atoms with Crippen LogP contribution in [0.2, 0.25) is 0 Å². The smallest absolute Gasteiger partial charge is 0.225 e. The van der Waals surface area contributed by atoms with E-state index in [1.165, 1.54) is 0 Å². The summed E-state index contributed by atoms with van der Waals surface area (Å²) >= 11 is 0. The number of hydrogen-bond donors (Lipinski definition) is 0. The first-order valence-corrected chi connectivity index (χ1v) is 8.86. The normalized spacial score (nSPS) is 11.4. The summed E-state index contributed by atoms with van der Waals surface area (Å²) < 4.78 is 13.1. The SMILES string of the molecule is COc1ccc(-c2cnn3c2nc(OCCN(C)C)c2ccccc23)cc1. The lowest BCUT2D eigenvalue weighted by atomic mass is 10.1. The van der Waals surface area contributed by atoms with Crippen LogP contribution in [0.3, 0.4) is 0 Å². The molecule has 0 aliphatic carbocycles. The summed E-state index contributed by atoms with van der Waals surface area (Å²) in [5.41, 5.74) is 3.74. The molecule has 0 atom stereocenters. The first kappa shape index (κ1) is 17.3. The van der Waals surface area contributed by atoms with Gasteiger partial charge in [-0.1, -0.05) is 24.3 Å². The molecule has 0 aliphatic rings. The molecule has 0 radical (unpaired) electrons. The van der Waals surface area contributed by atoms with Crippen molar-refractivity contribution in [2.24, 2.45) is 0 Å². The lowest BCUT2D eigenvalue weighted by molar-refractivity contribution is 0.257.